The molecule has 0 spiro atoms. The molecule has 0 saturated carbocycles. The first kappa shape index (κ1) is 11.5. The van der Waals surface area contributed by atoms with E-state index in [2.05, 4.69) is 10.6 Å². The van der Waals surface area contributed by atoms with E-state index in [1.807, 2.05) is 6.07 Å². The van der Waals surface area contributed by atoms with Gasteiger partial charge in [-0.05, 0) is 23.6 Å². The Morgan fingerprint density at radius 2 is 2.25 bits per heavy atom. The number of piperazine rings is 1. The van der Waals surface area contributed by atoms with Crippen LogP contribution in [0, 0.1) is 5.82 Å². The highest BCUT2D eigenvalue weighted by Gasteiger charge is 2.15. The molecule has 1 fully saturated rings. The van der Waals surface area contributed by atoms with E-state index in [4.69, 9.17) is 5.11 Å². The normalized spacial score (nSPS) is 21.0. The van der Waals surface area contributed by atoms with Gasteiger partial charge < -0.3 is 15.7 Å². The van der Waals surface area contributed by atoms with Crippen molar-refractivity contribution >= 4 is 0 Å². The fraction of sp³-hybridized carbons (Fsp3) is 0.500. The number of hydrogen-bond acceptors (Lipinski definition) is 3. The molecule has 1 unspecified atom stereocenters. The van der Waals surface area contributed by atoms with Crippen molar-refractivity contribution in [2.24, 2.45) is 0 Å². The van der Waals surface area contributed by atoms with Crippen LogP contribution in [-0.2, 0) is 6.42 Å². The van der Waals surface area contributed by atoms with Crippen LogP contribution in [0.3, 0.4) is 0 Å². The third-order valence-corrected chi connectivity index (χ3v) is 2.89. The van der Waals surface area contributed by atoms with Crippen LogP contribution in [0.15, 0.2) is 18.2 Å². The van der Waals surface area contributed by atoms with Crippen molar-refractivity contribution in [1.29, 1.82) is 0 Å². The molecule has 0 amide bonds. The molecule has 88 valence electrons. The summed E-state index contributed by atoms with van der Waals surface area (Å²) < 4.78 is 13.4. The van der Waals surface area contributed by atoms with Gasteiger partial charge in [-0.15, -0.1) is 0 Å². The van der Waals surface area contributed by atoms with Gasteiger partial charge in [0, 0.05) is 32.3 Å². The van der Waals surface area contributed by atoms with Gasteiger partial charge in [-0.2, -0.15) is 0 Å². The summed E-state index contributed by atoms with van der Waals surface area (Å²) in [7, 11) is 0. The first-order valence-corrected chi connectivity index (χ1v) is 5.64. The molecule has 1 aliphatic heterocycles. The van der Waals surface area contributed by atoms with E-state index in [1.165, 1.54) is 6.07 Å². The Labute approximate surface area is 94.7 Å². The van der Waals surface area contributed by atoms with Crippen molar-refractivity contribution in [3.8, 4) is 0 Å². The van der Waals surface area contributed by atoms with Crippen LogP contribution in [0.25, 0.3) is 0 Å². The maximum atomic E-state index is 13.4. The second-order valence-corrected chi connectivity index (χ2v) is 4.04. The van der Waals surface area contributed by atoms with E-state index in [-0.39, 0.29) is 18.5 Å². The van der Waals surface area contributed by atoms with Crippen LogP contribution in [-0.4, -0.2) is 31.3 Å². The van der Waals surface area contributed by atoms with Gasteiger partial charge in [-0.1, -0.05) is 12.1 Å². The fourth-order valence-corrected chi connectivity index (χ4v) is 2.01. The summed E-state index contributed by atoms with van der Waals surface area (Å²) in [5.74, 6) is -0.235. The third-order valence-electron chi connectivity index (χ3n) is 2.89. The molecule has 1 saturated heterocycles. The first-order chi connectivity index (χ1) is 7.81. The Bertz CT molecular complexity index is 351. The Balaban J connectivity index is 2.17. The lowest BCUT2D eigenvalue weighted by molar-refractivity contribution is 0.297. The largest absolute Gasteiger partial charge is 0.396 e. The number of halogens is 1. The number of aliphatic hydroxyl groups is 1. The molecule has 1 aromatic rings. The minimum atomic E-state index is -0.235. The van der Waals surface area contributed by atoms with Gasteiger partial charge in [-0.3, -0.25) is 0 Å². The highest BCUT2D eigenvalue weighted by molar-refractivity contribution is 5.28. The van der Waals surface area contributed by atoms with Crippen molar-refractivity contribution in [2.45, 2.75) is 12.5 Å². The zero-order valence-electron chi connectivity index (χ0n) is 9.17. The van der Waals surface area contributed by atoms with Crippen LogP contribution < -0.4 is 10.6 Å². The van der Waals surface area contributed by atoms with Crippen molar-refractivity contribution in [3.63, 3.8) is 0 Å². The second-order valence-electron chi connectivity index (χ2n) is 4.04. The average molecular weight is 224 g/mol. The summed E-state index contributed by atoms with van der Waals surface area (Å²) in [6.07, 6.45) is 0.375. The second kappa shape index (κ2) is 5.39. The van der Waals surface area contributed by atoms with E-state index in [0.717, 1.165) is 25.2 Å². The number of nitrogens with one attached hydrogen (secondary N) is 2. The summed E-state index contributed by atoms with van der Waals surface area (Å²) >= 11 is 0. The molecule has 0 bridgehead atoms. The number of hydrogen-bond donors (Lipinski definition) is 3. The molecule has 1 heterocycles. The topological polar surface area (TPSA) is 44.3 Å². The lowest BCUT2D eigenvalue weighted by atomic mass is 10.0. The standard InChI is InChI=1S/C12H17FN2O/c13-11-2-1-10(7-9(11)3-6-16)12-8-14-4-5-15-12/h1-2,7,12,14-16H,3-6,8H2. The Kier molecular flexibility index (Phi) is 3.88. The molecule has 0 aliphatic carbocycles. The molecule has 1 aliphatic rings. The minimum absolute atomic E-state index is 0.0171. The smallest absolute Gasteiger partial charge is 0.126 e. The van der Waals surface area contributed by atoms with Crippen molar-refractivity contribution in [2.75, 3.05) is 26.2 Å². The monoisotopic (exact) mass is 224 g/mol. The molecule has 4 heteroatoms. The van der Waals surface area contributed by atoms with E-state index < -0.39 is 0 Å². The van der Waals surface area contributed by atoms with Crippen LogP contribution >= 0.6 is 0 Å². The molecular formula is C12H17FN2O. The zero-order chi connectivity index (χ0) is 11.4. The fourth-order valence-electron chi connectivity index (χ4n) is 2.01. The number of benzene rings is 1. The predicted octanol–water partition coefficient (Wildman–Crippen LogP) is 0.594. The van der Waals surface area contributed by atoms with Gasteiger partial charge >= 0.3 is 0 Å². The maximum Gasteiger partial charge on any atom is 0.126 e. The Hall–Kier alpha value is -0.970. The summed E-state index contributed by atoms with van der Waals surface area (Å²) in [5.41, 5.74) is 1.67. The molecule has 16 heavy (non-hydrogen) atoms. The Morgan fingerprint density at radius 3 is 2.94 bits per heavy atom. The summed E-state index contributed by atoms with van der Waals surface area (Å²) in [4.78, 5) is 0. The third kappa shape index (κ3) is 2.58. The van der Waals surface area contributed by atoms with E-state index >= 15 is 0 Å². The SMILES string of the molecule is OCCc1cc(C2CNCCN2)ccc1F. The summed E-state index contributed by atoms with van der Waals surface area (Å²) in [6.45, 7) is 2.75. The highest BCUT2D eigenvalue weighted by atomic mass is 19.1. The highest BCUT2D eigenvalue weighted by Crippen LogP contribution is 2.18. The van der Waals surface area contributed by atoms with Gasteiger partial charge in [0.1, 0.15) is 5.82 Å². The van der Waals surface area contributed by atoms with E-state index in [1.54, 1.807) is 6.07 Å². The lowest BCUT2D eigenvalue weighted by Crippen LogP contribution is -2.42. The average Bonchev–Trinajstić information content (AvgIpc) is 2.33. The van der Waals surface area contributed by atoms with Crippen LogP contribution in [0.4, 0.5) is 4.39 Å². The minimum Gasteiger partial charge on any atom is -0.396 e. The van der Waals surface area contributed by atoms with Crippen molar-refractivity contribution < 1.29 is 9.50 Å². The van der Waals surface area contributed by atoms with E-state index in [9.17, 15) is 4.39 Å². The molecule has 0 aromatic heterocycles. The summed E-state index contributed by atoms with van der Waals surface area (Å²) in [6, 6.07) is 5.38. The zero-order valence-corrected chi connectivity index (χ0v) is 9.17. The molecular weight excluding hydrogens is 207 g/mol. The lowest BCUT2D eigenvalue weighted by Gasteiger charge is -2.25. The molecule has 1 atom stereocenters. The summed E-state index contributed by atoms with van der Waals surface area (Å²) in [5, 5.41) is 15.5. The number of rotatable bonds is 3. The quantitative estimate of drug-likeness (QED) is 0.704. The number of aliphatic hydroxyl groups excluding tert-OH is 1. The van der Waals surface area contributed by atoms with Gasteiger partial charge in [0.05, 0.1) is 0 Å². The van der Waals surface area contributed by atoms with E-state index in [0.29, 0.717) is 12.0 Å². The van der Waals surface area contributed by atoms with Gasteiger partial charge in [0.25, 0.3) is 0 Å². The molecule has 2 rings (SSSR count). The van der Waals surface area contributed by atoms with Gasteiger partial charge in [0.2, 0.25) is 0 Å². The molecule has 0 radical (unpaired) electrons. The van der Waals surface area contributed by atoms with Crippen molar-refractivity contribution in [1.82, 2.24) is 10.6 Å². The van der Waals surface area contributed by atoms with Gasteiger partial charge in [0.15, 0.2) is 0 Å². The molecule has 3 N–H and O–H groups in total. The first-order valence-electron chi connectivity index (χ1n) is 5.64. The van der Waals surface area contributed by atoms with Crippen LogP contribution in [0.2, 0.25) is 0 Å². The van der Waals surface area contributed by atoms with Crippen molar-refractivity contribution in [3.05, 3.63) is 35.1 Å². The van der Waals surface area contributed by atoms with Gasteiger partial charge in [-0.25, -0.2) is 4.39 Å². The van der Waals surface area contributed by atoms with Crippen LogP contribution in [0.1, 0.15) is 17.2 Å². The van der Waals surface area contributed by atoms with Crippen LogP contribution in [0.5, 0.6) is 0 Å². The maximum absolute atomic E-state index is 13.4. The Morgan fingerprint density at radius 1 is 1.38 bits per heavy atom. The predicted molar refractivity (Wildman–Crippen MR) is 60.8 cm³/mol. The molecule has 3 nitrogen and oxygen atoms in total. The molecule has 1 aromatic carbocycles.